The van der Waals surface area contributed by atoms with Crippen molar-refractivity contribution in [1.82, 2.24) is 4.90 Å². The van der Waals surface area contributed by atoms with E-state index in [2.05, 4.69) is 57.3 Å². The van der Waals surface area contributed by atoms with Gasteiger partial charge in [0, 0.05) is 17.8 Å². The third kappa shape index (κ3) is 5.37. The molecule has 0 radical (unpaired) electrons. The second-order valence-electron chi connectivity index (χ2n) is 10.9. The number of hydrogen-bond donors (Lipinski definition) is 0. The summed E-state index contributed by atoms with van der Waals surface area (Å²) in [5.41, 5.74) is 5.14. The second kappa shape index (κ2) is 10.9. The fourth-order valence-electron chi connectivity index (χ4n) is 7.06. The van der Waals surface area contributed by atoms with Gasteiger partial charge in [-0.1, -0.05) is 58.0 Å². The minimum Gasteiger partial charge on any atom is -0.369 e. The van der Waals surface area contributed by atoms with Crippen LogP contribution in [0.1, 0.15) is 103 Å². The predicted molar refractivity (Wildman–Crippen MR) is 141 cm³/mol. The Labute approximate surface area is 204 Å². The van der Waals surface area contributed by atoms with Crippen LogP contribution >= 0.6 is 15.9 Å². The van der Waals surface area contributed by atoms with E-state index in [1.54, 1.807) is 16.8 Å². The maximum absolute atomic E-state index is 3.77. The SMILES string of the molecule is BrC1=CCC(N(C2=CCC(C3=CCCCC3)CC2)C2CCC(C3=CCCC=C3)CC2)CC1. The molecule has 5 rings (SSSR count). The Hall–Kier alpha value is -1.02. The summed E-state index contributed by atoms with van der Waals surface area (Å²) in [4.78, 5) is 2.96. The van der Waals surface area contributed by atoms with Gasteiger partial charge in [-0.25, -0.2) is 0 Å². The van der Waals surface area contributed by atoms with Gasteiger partial charge in [0.1, 0.15) is 0 Å². The molecule has 0 aliphatic heterocycles. The van der Waals surface area contributed by atoms with Crippen molar-refractivity contribution < 1.29 is 0 Å². The van der Waals surface area contributed by atoms with E-state index >= 15 is 0 Å². The van der Waals surface area contributed by atoms with Gasteiger partial charge in [0.2, 0.25) is 0 Å². The first-order valence-corrected chi connectivity index (χ1v) is 14.4. The van der Waals surface area contributed by atoms with Crippen molar-refractivity contribution in [2.45, 2.75) is 115 Å². The molecule has 0 aromatic carbocycles. The lowest BCUT2D eigenvalue weighted by Gasteiger charge is -2.46. The van der Waals surface area contributed by atoms with Crippen molar-refractivity contribution in [1.29, 1.82) is 0 Å². The third-order valence-electron chi connectivity index (χ3n) is 8.88. The zero-order valence-corrected chi connectivity index (χ0v) is 21.5. The number of nitrogens with zero attached hydrogens (tertiary/aromatic N) is 1. The first-order valence-electron chi connectivity index (χ1n) is 13.7. The molecule has 1 nitrogen and oxygen atoms in total. The molecule has 5 aliphatic carbocycles. The van der Waals surface area contributed by atoms with E-state index in [0.717, 1.165) is 17.9 Å². The van der Waals surface area contributed by atoms with Crippen LogP contribution in [0.3, 0.4) is 0 Å². The topological polar surface area (TPSA) is 3.24 Å². The molecule has 32 heavy (non-hydrogen) atoms. The van der Waals surface area contributed by atoms with Crippen molar-refractivity contribution in [2.24, 2.45) is 11.8 Å². The molecule has 0 amide bonds. The minimum atomic E-state index is 0.711. The average molecular weight is 497 g/mol. The van der Waals surface area contributed by atoms with Gasteiger partial charge in [-0.05, 0) is 125 Å². The van der Waals surface area contributed by atoms with Crippen molar-refractivity contribution in [3.05, 3.63) is 57.8 Å². The summed E-state index contributed by atoms with van der Waals surface area (Å²) in [6, 6.07) is 1.47. The summed E-state index contributed by atoms with van der Waals surface area (Å²) in [5.74, 6) is 1.65. The molecule has 1 fully saturated rings. The zero-order valence-electron chi connectivity index (χ0n) is 19.9. The largest absolute Gasteiger partial charge is 0.369 e. The molecule has 1 saturated carbocycles. The van der Waals surface area contributed by atoms with E-state index in [-0.39, 0.29) is 0 Å². The highest BCUT2D eigenvalue weighted by molar-refractivity contribution is 9.11. The predicted octanol–water partition coefficient (Wildman–Crippen LogP) is 9.14. The first kappa shape index (κ1) is 22.8. The Morgan fingerprint density at radius 3 is 2.25 bits per heavy atom. The molecular formula is C30H42BrN. The van der Waals surface area contributed by atoms with Gasteiger partial charge >= 0.3 is 0 Å². The molecule has 5 aliphatic rings. The third-order valence-corrected chi connectivity index (χ3v) is 9.60. The summed E-state index contributed by atoms with van der Waals surface area (Å²) in [6.07, 6.45) is 36.3. The van der Waals surface area contributed by atoms with E-state index in [0.29, 0.717) is 6.04 Å². The molecule has 0 saturated heterocycles. The summed E-state index contributed by atoms with van der Waals surface area (Å²) < 4.78 is 1.43. The van der Waals surface area contributed by atoms with E-state index < -0.39 is 0 Å². The fraction of sp³-hybridized carbons (Fsp3) is 0.667. The molecule has 0 heterocycles. The second-order valence-corrected chi connectivity index (χ2v) is 11.9. The van der Waals surface area contributed by atoms with Gasteiger partial charge in [0.05, 0.1) is 0 Å². The van der Waals surface area contributed by atoms with Crippen LogP contribution in [0.2, 0.25) is 0 Å². The van der Waals surface area contributed by atoms with Gasteiger partial charge in [0.15, 0.2) is 0 Å². The van der Waals surface area contributed by atoms with Gasteiger partial charge in [-0.3, -0.25) is 0 Å². The normalized spacial score (nSPS) is 33.7. The zero-order chi connectivity index (χ0) is 21.8. The molecular weight excluding hydrogens is 454 g/mol. The van der Waals surface area contributed by atoms with Crippen LogP contribution in [0, 0.1) is 11.8 Å². The van der Waals surface area contributed by atoms with Gasteiger partial charge in [-0.2, -0.15) is 0 Å². The van der Waals surface area contributed by atoms with E-state index in [4.69, 9.17) is 0 Å². The minimum absolute atomic E-state index is 0.711. The summed E-state index contributed by atoms with van der Waals surface area (Å²) in [5, 5.41) is 0. The molecule has 174 valence electrons. The maximum atomic E-state index is 3.77. The molecule has 0 spiro atoms. The van der Waals surface area contributed by atoms with Crippen LogP contribution < -0.4 is 0 Å². The standard InChI is InChI=1S/C30H42BrN/c31-27-15-21-30(22-16-27)32(28-17-11-25(12-18-28)23-7-3-1-4-8-23)29-19-13-26(14-20-29)24-9-5-2-6-10-24/h3,7-9,15,19,25-26,28,30H,1-2,4-6,10-14,16-18,20-22H2. The monoisotopic (exact) mass is 495 g/mol. The van der Waals surface area contributed by atoms with E-state index in [9.17, 15) is 0 Å². The van der Waals surface area contributed by atoms with Gasteiger partial charge < -0.3 is 4.90 Å². The van der Waals surface area contributed by atoms with Crippen LogP contribution in [0.25, 0.3) is 0 Å². The molecule has 0 N–H and O–H groups in total. The molecule has 2 heteroatoms. The average Bonchev–Trinajstić information content (AvgIpc) is 2.87. The van der Waals surface area contributed by atoms with E-state index in [1.807, 2.05) is 0 Å². The quantitative estimate of drug-likeness (QED) is 0.343. The Morgan fingerprint density at radius 2 is 1.59 bits per heavy atom. The number of halogens is 1. The molecule has 2 unspecified atom stereocenters. The molecule has 2 atom stereocenters. The lowest BCUT2D eigenvalue weighted by Crippen LogP contribution is -2.45. The number of hydrogen-bond acceptors (Lipinski definition) is 1. The van der Waals surface area contributed by atoms with Crippen LogP contribution in [0.5, 0.6) is 0 Å². The Bertz CT molecular complexity index is 805. The van der Waals surface area contributed by atoms with Crippen molar-refractivity contribution in [2.75, 3.05) is 0 Å². The Morgan fingerprint density at radius 1 is 0.688 bits per heavy atom. The highest BCUT2D eigenvalue weighted by Gasteiger charge is 2.34. The fourth-order valence-corrected chi connectivity index (χ4v) is 7.47. The smallest absolute Gasteiger partial charge is 0.0328 e. The van der Waals surface area contributed by atoms with Crippen LogP contribution in [-0.2, 0) is 0 Å². The Kier molecular flexibility index (Phi) is 7.78. The Balaban J connectivity index is 1.28. The molecule has 0 aromatic heterocycles. The molecule has 0 bridgehead atoms. The number of rotatable bonds is 5. The lowest BCUT2D eigenvalue weighted by atomic mass is 9.77. The number of allylic oxidation sites excluding steroid dienone is 9. The van der Waals surface area contributed by atoms with Crippen molar-refractivity contribution >= 4 is 15.9 Å². The summed E-state index contributed by atoms with van der Waals surface area (Å²) >= 11 is 3.77. The van der Waals surface area contributed by atoms with Crippen LogP contribution in [0.4, 0.5) is 0 Å². The molecule has 0 aromatic rings. The van der Waals surface area contributed by atoms with Crippen molar-refractivity contribution in [3.63, 3.8) is 0 Å². The highest BCUT2D eigenvalue weighted by Crippen LogP contribution is 2.42. The lowest BCUT2D eigenvalue weighted by molar-refractivity contribution is 0.118. The maximum Gasteiger partial charge on any atom is 0.0328 e. The summed E-state index contributed by atoms with van der Waals surface area (Å²) in [7, 11) is 0. The van der Waals surface area contributed by atoms with E-state index in [1.165, 1.54) is 107 Å². The van der Waals surface area contributed by atoms with Crippen LogP contribution in [0.15, 0.2) is 57.8 Å². The van der Waals surface area contributed by atoms with Gasteiger partial charge in [-0.15, -0.1) is 0 Å². The highest BCUT2D eigenvalue weighted by atomic mass is 79.9. The van der Waals surface area contributed by atoms with Crippen molar-refractivity contribution in [3.8, 4) is 0 Å². The summed E-state index contributed by atoms with van der Waals surface area (Å²) in [6.45, 7) is 0. The van der Waals surface area contributed by atoms with Crippen LogP contribution in [-0.4, -0.2) is 17.0 Å². The first-order chi connectivity index (χ1) is 15.8. The van der Waals surface area contributed by atoms with Gasteiger partial charge in [0.25, 0.3) is 0 Å².